The molecule has 0 radical (unpaired) electrons. The number of rotatable bonds is 2. The molecular formula is C14H12O5. The lowest BCUT2D eigenvalue weighted by molar-refractivity contribution is -0.160. The first-order valence-corrected chi connectivity index (χ1v) is 5.82. The van der Waals surface area contributed by atoms with Gasteiger partial charge in [0.05, 0.1) is 25.7 Å². The second kappa shape index (κ2) is 3.85. The SMILES string of the molecule is COC(=O)C1=CC2c3ccccc3OC12C(=O)OC. The number of esters is 2. The van der Waals surface area contributed by atoms with Crippen LogP contribution in [0, 0.1) is 0 Å². The smallest absolute Gasteiger partial charge is 0.356 e. The lowest BCUT2D eigenvalue weighted by Gasteiger charge is -2.38. The summed E-state index contributed by atoms with van der Waals surface area (Å²) in [6.07, 6.45) is 1.69. The molecule has 1 aliphatic heterocycles. The van der Waals surface area contributed by atoms with E-state index in [-0.39, 0.29) is 11.5 Å². The van der Waals surface area contributed by atoms with Gasteiger partial charge in [0.1, 0.15) is 5.75 Å². The summed E-state index contributed by atoms with van der Waals surface area (Å²) in [6, 6.07) is 7.31. The van der Waals surface area contributed by atoms with Crippen molar-refractivity contribution in [3.8, 4) is 5.75 Å². The first-order valence-electron chi connectivity index (χ1n) is 5.82. The van der Waals surface area contributed by atoms with Crippen LogP contribution in [0.25, 0.3) is 0 Å². The van der Waals surface area contributed by atoms with Crippen molar-refractivity contribution in [1.29, 1.82) is 0 Å². The highest BCUT2D eigenvalue weighted by Gasteiger charge is 2.65. The highest BCUT2D eigenvalue weighted by Crippen LogP contribution is 2.56. The molecule has 1 heterocycles. The Labute approximate surface area is 109 Å². The van der Waals surface area contributed by atoms with Crippen LogP contribution in [0.1, 0.15) is 11.5 Å². The van der Waals surface area contributed by atoms with Crippen molar-refractivity contribution < 1.29 is 23.8 Å². The van der Waals surface area contributed by atoms with Gasteiger partial charge in [-0.25, -0.2) is 9.59 Å². The van der Waals surface area contributed by atoms with Gasteiger partial charge in [-0.15, -0.1) is 0 Å². The van der Waals surface area contributed by atoms with Gasteiger partial charge in [-0.2, -0.15) is 0 Å². The zero-order valence-electron chi connectivity index (χ0n) is 10.5. The topological polar surface area (TPSA) is 61.8 Å². The van der Waals surface area contributed by atoms with E-state index in [0.717, 1.165) is 5.56 Å². The van der Waals surface area contributed by atoms with Crippen LogP contribution < -0.4 is 4.74 Å². The van der Waals surface area contributed by atoms with E-state index in [9.17, 15) is 9.59 Å². The fourth-order valence-electron chi connectivity index (χ4n) is 2.67. The Balaban J connectivity index is 2.10. The highest BCUT2D eigenvalue weighted by atomic mass is 16.6. The predicted molar refractivity (Wildman–Crippen MR) is 64.7 cm³/mol. The molecule has 0 N–H and O–H groups in total. The number of benzene rings is 1. The second-order valence-corrected chi connectivity index (χ2v) is 4.42. The normalized spacial score (nSPS) is 26.2. The lowest BCUT2D eigenvalue weighted by Crippen LogP contribution is -2.56. The number of carbonyl (C=O) groups excluding carboxylic acids is 2. The van der Waals surface area contributed by atoms with Gasteiger partial charge >= 0.3 is 11.9 Å². The number of carbonyl (C=O) groups is 2. The zero-order valence-corrected chi connectivity index (χ0v) is 10.5. The highest BCUT2D eigenvalue weighted by molar-refractivity contribution is 6.05. The molecule has 0 saturated carbocycles. The van der Waals surface area contributed by atoms with Crippen LogP contribution in [0.3, 0.4) is 0 Å². The van der Waals surface area contributed by atoms with E-state index in [2.05, 4.69) is 4.74 Å². The van der Waals surface area contributed by atoms with Gasteiger partial charge in [0, 0.05) is 5.56 Å². The molecule has 1 aromatic carbocycles. The maximum atomic E-state index is 12.1. The first kappa shape index (κ1) is 11.8. The van der Waals surface area contributed by atoms with Gasteiger partial charge < -0.3 is 14.2 Å². The van der Waals surface area contributed by atoms with Crippen LogP contribution in [0.2, 0.25) is 0 Å². The molecule has 0 saturated heterocycles. The first-order chi connectivity index (χ1) is 9.15. The summed E-state index contributed by atoms with van der Waals surface area (Å²) in [5.74, 6) is -0.871. The van der Waals surface area contributed by atoms with Crippen LogP contribution in [-0.4, -0.2) is 31.8 Å². The summed E-state index contributed by atoms with van der Waals surface area (Å²) in [6.45, 7) is 0. The molecule has 0 amide bonds. The minimum absolute atomic E-state index is 0.197. The molecule has 0 aromatic heterocycles. The van der Waals surface area contributed by atoms with Crippen LogP contribution in [0.5, 0.6) is 5.75 Å². The van der Waals surface area contributed by atoms with Gasteiger partial charge in [0.25, 0.3) is 0 Å². The molecule has 1 aliphatic carbocycles. The maximum Gasteiger partial charge on any atom is 0.356 e. The summed E-state index contributed by atoms with van der Waals surface area (Å²) in [7, 11) is 2.54. The van der Waals surface area contributed by atoms with Crippen LogP contribution >= 0.6 is 0 Å². The van der Waals surface area contributed by atoms with Gasteiger partial charge in [-0.1, -0.05) is 24.3 Å². The standard InChI is InChI=1S/C14H12O5/c1-17-12(15)10-7-9-8-5-3-4-6-11(8)19-14(9,10)13(16)18-2/h3-7,9H,1-2H3. The monoisotopic (exact) mass is 260 g/mol. The van der Waals surface area contributed by atoms with E-state index in [1.165, 1.54) is 14.2 Å². The van der Waals surface area contributed by atoms with Crippen LogP contribution in [-0.2, 0) is 19.1 Å². The number of ether oxygens (including phenoxy) is 3. The Morgan fingerprint density at radius 2 is 1.95 bits per heavy atom. The second-order valence-electron chi connectivity index (χ2n) is 4.42. The maximum absolute atomic E-state index is 12.1. The number of fused-ring (bicyclic) bond motifs is 3. The zero-order chi connectivity index (χ0) is 13.6. The average molecular weight is 260 g/mol. The molecule has 2 aliphatic rings. The third-order valence-electron chi connectivity index (χ3n) is 3.59. The van der Waals surface area contributed by atoms with E-state index in [4.69, 9.17) is 9.47 Å². The molecule has 0 fully saturated rings. The number of hydrogen-bond donors (Lipinski definition) is 0. The van der Waals surface area contributed by atoms with Crippen molar-refractivity contribution in [3.63, 3.8) is 0 Å². The molecule has 98 valence electrons. The molecule has 2 unspecified atom stereocenters. The largest absolute Gasteiger partial charge is 0.469 e. The Kier molecular flexibility index (Phi) is 2.38. The summed E-state index contributed by atoms with van der Waals surface area (Å²) >= 11 is 0. The van der Waals surface area contributed by atoms with E-state index in [1.54, 1.807) is 12.1 Å². The minimum Gasteiger partial charge on any atom is -0.469 e. The van der Waals surface area contributed by atoms with Crippen molar-refractivity contribution in [2.45, 2.75) is 11.5 Å². The van der Waals surface area contributed by atoms with Crippen LogP contribution in [0.4, 0.5) is 0 Å². The molecule has 0 spiro atoms. The fraction of sp³-hybridized carbons (Fsp3) is 0.286. The van der Waals surface area contributed by atoms with Crippen molar-refractivity contribution in [2.24, 2.45) is 0 Å². The molecule has 5 nitrogen and oxygen atoms in total. The van der Waals surface area contributed by atoms with Crippen molar-refractivity contribution in [2.75, 3.05) is 14.2 Å². The summed E-state index contributed by atoms with van der Waals surface area (Å²) in [4.78, 5) is 23.8. The summed E-state index contributed by atoms with van der Waals surface area (Å²) in [5.41, 5.74) is -0.311. The quantitative estimate of drug-likeness (QED) is 0.747. The van der Waals surface area contributed by atoms with Gasteiger partial charge in [-0.3, -0.25) is 0 Å². The predicted octanol–water partition coefficient (Wildman–Crippen LogP) is 1.19. The van der Waals surface area contributed by atoms with Crippen LogP contribution in [0.15, 0.2) is 35.9 Å². The molecule has 2 atom stereocenters. The number of hydrogen-bond acceptors (Lipinski definition) is 5. The van der Waals surface area contributed by atoms with Gasteiger partial charge in [-0.05, 0) is 6.07 Å². The third-order valence-corrected chi connectivity index (χ3v) is 3.59. The van der Waals surface area contributed by atoms with Crippen molar-refractivity contribution in [1.82, 2.24) is 0 Å². The molecule has 0 bridgehead atoms. The minimum atomic E-state index is -1.38. The third kappa shape index (κ3) is 1.30. The molecule has 1 aromatic rings. The Bertz CT molecular complexity index is 604. The van der Waals surface area contributed by atoms with Gasteiger partial charge in [0.2, 0.25) is 5.60 Å². The molecule has 3 rings (SSSR count). The Hall–Kier alpha value is -2.30. The Morgan fingerprint density at radius 3 is 2.63 bits per heavy atom. The number of methoxy groups -OCH3 is 2. The van der Waals surface area contributed by atoms with E-state index in [0.29, 0.717) is 5.75 Å². The number of para-hydroxylation sites is 1. The van der Waals surface area contributed by atoms with Crippen molar-refractivity contribution >= 4 is 11.9 Å². The van der Waals surface area contributed by atoms with E-state index >= 15 is 0 Å². The summed E-state index contributed by atoms with van der Waals surface area (Å²) < 4.78 is 15.2. The average Bonchev–Trinajstić information content (AvgIpc) is 2.68. The van der Waals surface area contributed by atoms with E-state index < -0.39 is 17.5 Å². The van der Waals surface area contributed by atoms with Crippen molar-refractivity contribution in [3.05, 3.63) is 41.5 Å². The molecule has 19 heavy (non-hydrogen) atoms. The fourth-order valence-corrected chi connectivity index (χ4v) is 2.67. The lowest BCUT2D eigenvalue weighted by atomic mass is 9.68. The Morgan fingerprint density at radius 1 is 1.21 bits per heavy atom. The molecule has 5 heteroatoms. The molecular weight excluding hydrogens is 248 g/mol. The summed E-state index contributed by atoms with van der Waals surface area (Å²) in [5, 5.41) is 0. The van der Waals surface area contributed by atoms with E-state index in [1.807, 2.05) is 18.2 Å². The van der Waals surface area contributed by atoms with Gasteiger partial charge in [0.15, 0.2) is 0 Å².